The summed E-state index contributed by atoms with van der Waals surface area (Å²) < 4.78 is 34.6. The summed E-state index contributed by atoms with van der Waals surface area (Å²) in [6.07, 6.45) is 6.93. The standard InChI is InChI=1S/C23H29BrN2O4S/c1-2-3-15-30-22-14-9-17(24)16-21(22)23(27)25-18-10-12-20(13-11-18)31(28,29)26-19-7-5-4-6-8-19/h9-14,16,19,26H,2-8,15H2,1H3,(H,25,27). The maximum atomic E-state index is 12.8. The largest absolute Gasteiger partial charge is 0.493 e. The van der Waals surface area contributed by atoms with E-state index in [1.165, 1.54) is 12.1 Å². The molecule has 1 saturated carbocycles. The van der Waals surface area contributed by atoms with E-state index in [1.807, 2.05) is 6.07 Å². The van der Waals surface area contributed by atoms with Gasteiger partial charge in [-0.2, -0.15) is 0 Å². The van der Waals surface area contributed by atoms with Crippen molar-refractivity contribution in [2.24, 2.45) is 0 Å². The number of hydrogen-bond donors (Lipinski definition) is 2. The highest BCUT2D eigenvalue weighted by Gasteiger charge is 2.22. The number of sulfonamides is 1. The first-order chi connectivity index (χ1) is 14.9. The minimum Gasteiger partial charge on any atom is -0.493 e. The first-order valence-corrected chi connectivity index (χ1v) is 13.0. The Morgan fingerprint density at radius 2 is 1.81 bits per heavy atom. The first kappa shape index (κ1) is 23.8. The smallest absolute Gasteiger partial charge is 0.259 e. The summed E-state index contributed by atoms with van der Waals surface area (Å²) in [5.41, 5.74) is 0.933. The molecule has 1 fully saturated rings. The number of halogens is 1. The van der Waals surface area contributed by atoms with Crippen LogP contribution in [0, 0.1) is 0 Å². The van der Waals surface area contributed by atoms with Crippen LogP contribution in [0.4, 0.5) is 5.69 Å². The molecule has 2 N–H and O–H groups in total. The van der Waals surface area contributed by atoms with E-state index < -0.39 is 10.0 Å². The Morgan fingerprint density at radius 3 is 2.48 bits per heavy atom. The number of benzene rings is 2. The van der Waals surface area contributed by atoms with Crippen LogP contribution in [0.3, 0.4) is 0 Å². The molecule has 168 valence electrons. The Hall–Kier alpha value is -1.90. The summed E-state index contributed by atoms with van der Waals surface area (Å²) in [6, 6.07) is 11.5. The lowest BCUT2D eigenvalue weighted by atomic mass is 9.96. The fourth-order valence-electron chi connectivity index (χ4n) is 3.56. The SMILES string of the molecule is CCCCOc1ccc(Br)cc1C(=O)Nc1ccc(S(=O)(=O)NC2CCCCC2)cc1. The normalized spacial score (nSPS) is 14.9. The second kappa shape index (κ2) is 11.1. The third kappa shape index (κ3) is 6.79. The zero-order chi connectivity index (χ0) is 22.3. The van der Waals surface area contributed by atoms with Gasteiger partial charge >= 0.3 is 0 Å². The molecule has 0 aliphatic heterocycles. The zero-order valence-electron chi connectivity index (χ0n) is 17.7. The molecule has 0 spiro atoms. The van der Waals surface area contributed by atoms with E-state index in [0.717, 1.165) is 49.4 Å². The van der Waals surface area contributed by atoms with E-state index in [4.69, 9.17) is 4.74 Å². The van der Waals surface area contributed by atoms with E-state index in [9.17, 15) is 13.2 Å². The minimum atomic E-state index is -3.57. The molecule has 6 nitrogen and oxygen atoms in total. The Balaban J connectivity index is 1.68. The van der Waals surface area contributed by atoms with Gasteiger partial charge in [-0.25, -0.2) is 13.1 Å². The number of nitrogens with one attached hydrogen (secondary N) is 2. The van der Waals surface area contributed by atoms with Crippen LogP contribution in [-0.2, 0) is 10.0 Å². The Morgan fingerprint density at radius 1 is 1.10 bits per heavy atom. The van der Waals surface area contributed by atoms with Crippen LogP contribution < -0.4 is 14.8 Å². The monoisotopic (exact) mass is 508 g/mol. The van der Waals surface area contributed by atoms with Gasteiger partial charge in [0.05, 0.1) is 17.1 Å². The number of unbranched alkanes of at least 4 members (excludes halogenated alkanes) is 1. The lowest BCUT2D eigenvalue weighted by Gasteiger charge is -2.22. The molecule has 0 saturated heterocycles. The predicted octanol–water partition coefficient (Wildman–Crippen LogP) is 5.49. The van der Waals surface area contributed by atoms with Gasteiger partial charge in [0.2, 0.25) is 10.0 Å². The van der Waals surface area contributed by atoms with Gasteiger partial charge in [-0.15, -0.1) is 0 Å². The zero-order valence-corrected chi connectivity index (χ0v) is 20.1. The number of carbonyl (C=O) groups is 1. The lowest BCUT2D eigenvalue weighted by molar-refractivity contribution is 0.102. The molecule has 0 unspecified atom stereocenters. The maximum Gasteiger partial charge on any atom is 0.259 e. The van der Waals surface area contributed by atoms with Crippen molar-refractivity contribution < 1.29 is 17.9 Å². The van der Waals surface area contributed by atoms with Gasteiger partial charge in [-0.1, -0.05) is 48.5 Å². The highest BCUT2D eigenvalue weighted by molar-refractivity contribution is 9.10. The summed E-state index contributed by atoms with van der Waals surface area (Å²) in [5.74, 6) is 0.203. The number of ether oxygens (including phenoxy) is 1. The van der Waals surface area contributed by atoms with Crippen molar-refractivity contribution in [2.45, 2.75) is 62.8 Å². The third-order valence-corrected chi connectivity index (χ3v) is 7.32. The van der Waals surface area contributed by atoms with Crippen LogP contribution in [0.15, 0.2) is 51.8 Å². The average Bonchev–Trinajstić information content (AvgIpc) is 2.75. The number of carbonyl (C=O) groups excluding carboxylic acids is 1. The van der Waals surface area contributed by atoms with E-state index in [1.54, 1.807) is 24.3 Å². The van der Waals surface area contributed by atoms with E-state index in [-0.39, 0.29) is 16.8 Å². The number of rotatable bonds is 9. The Bertz CT molecular complexity index is 987. The van der Waals surface area contributed by atoms with E-state index in [2.05, 4.69) is 32.9 Å². The van der Waals surface area contributed by atoms with Crippen LogP contribution >= 0.6 is 15.9 Å². The van der Waals surface area contributed by atoms with Crippen molar-refractivity contribution in [3.05, 3.63) is 52.5 Å². The summed E-state index contributed by atoms with van der Waals surface area (Å²) in [6.45, 7) is 2.62. The van der Waals surface area contributed by atoms with Crippen LogP contribution in [0.25, 0.3) is 0 Å². The predicted molar refractivity (Wildman–Crippen MR) is 126 cm³/mol. The Kier molecular flexibility index (Phi) is 8.51. The minimum absolute atomic E-state index is 0.000728. The van der Waals surface area contributed by atoms with Gasteiger partial charge < -0.3 is 10.1 Å². The van der Waals surface area contributed by atoms with Crippen LogP contribution in [0.2, 0.25) is 0 Å². The van der Waals surface area contributed by atoms with Gasteiger partial charge in [0.1, 0.15) is 5.75 Å². The first-order valence-electron chi connectivity index (χ1n) is 10.7. The lowest BCUT2D eigenvalue weighted by Crippen LogP contribution is -2.36. The number of anilines is 1. The summed E-state index contributed by atoms with van der Waals surface area (Å²) in [7, 11) is -3.57. The summed E-state index contributed by atoms with van der Waals surface area (Å²) in [4.78, 5) is 13.0. The summed E-state index contributed by atoms with van der Waals surface area (Å²) >= 11 is 3.39. The molecule has 8 heteroatoms. The molecule has 0 atom stereocenters. The van der Waals surface area contributed by atoms with Crippen molar-refractivity contribution >= 4 is 37.5 Å². The van der Waals surface area contributed by atoms with E-state index in [0.29, 0.717) is 23.6 Å². The highest BCUT2D eigenvalue weighted by Crippen LogP contribution is 2.25. The maximum absolute atomic E-state index is 12.8. The van der Waals surface area contributed by atoms with Crippen molar-refractivity contribution in [3.63, 3.8) is 0 Å². The van der Waals surface area contributed by atoms with Gasteiger partial charge in [0.15, 0.2) is 0 Å². The molecule has 1 aliphatic carbocycles. The highest BCUT2D eigenvalue weighted by atomic mass is 79.9. The van der Waals surface area contributed by atoms with Crippen LogP contribution in [-0.4, -0.2) is 27.0 Å². The Labute approximate surface area is 193 Å². The fraction of sp³-hybridized carbons (Fsp3) is 0.435. The molecule has 0 aromatic heterocycles. The average molecular weight is 509 g/mol. The third-order valence-electron chi connectivity index (χ3n) is 5.29. The topological polar surface area (TPSA) is 84.5 Å². The van der Waals surface area contributed by atoms with Crippen LogP contribution in [0.1, 0.15) is 62.2 Å². The van der Waals surface area contributed by atoms with Crippen molar-refractivity contribution in [3.8, 4) is 5.75 Å². The molecule has 2 aromatic carbocycles. The van der Waals surface area contributed by atoms with Gasteiger partial charge in [0, 0.05) is 16.2 Å². The molecule has 1 aliphatic rings. The number of hydrogen-bond acceptors (Lipinski definition) is 4. The van der Waals surface area contributed by atoms with Gasteiger partial charge in [-0.3, -0.25) is 4.79 Å². The molecular weight excluding hydrogens is 480 g/mol. The quantitative estimate of drug-likeness (QED) is 0.438. The molecular formula is C23H29BrN2O4S. The molecule has 0 bridgehead atoms. The molecule has 0 radical (unpaired) electrons. The van der Waals surface area contributed by atoms with Crippen molar-refractivity contribution in [1.82, 2.24) is 4.72 Å². The van der Waals surface area contributed by atoms with E-state index >= 15 is 0 Å². The van der Waals surface area contributed by atoms with Crippen molar-refractivity contribution in [2.75, 3.05) is 11.9 Å². The van der Waals surface area contributed by atoms with Gasteiger partial charge in [-0.05, 0) is 61.7 Å². The summed E-state index contributed by atoms with van der Waals surface area (Å²) in [5, 5.41) is 2.82. The second-order valence-corrected chi connectivity index (χ2v) is 10.4. The molecule has 1 amide bonds. The molecule has 0 heterocycles. The fourth-order valence-corrected chi connectivity index (χ4v) is 5.22. The van der Waals surface area contributed by atoms with Crippen molar-refractivity contribution in [1.29, 1.82) is 0 Å². The van der Waals surface area contributed by atoms with Gasteiger partial charge in [0.25, 0.3) is 5.91 Å². The van der Waals surface area contributed by atoms with Crippen LogP contribution in [0.5, 0.6) is 5.75 Å². The number of amides is 1. The second-order valence-electron chi connectivity index (χ2n) is 7.78. The molecule has 2 aromatic rings. The molecule has 3 rings (SSSR count). The molecule has 31 heavy (non-hydrogen) atoms.